The van der Waals surface area contributed by atoms with Gasteiger partial charge in [0.15, 0.2) is 0 Å². The maximum absolute atomic E-state index is 4.59. The Labute approximate surface area is 357 Å². The van der Waals surface area contributed by atoms with E-state index in [1.807, 2.05) is 26.8 Å². The molecule has 1 heteroatoms. The molecule has 296 valence electrons. The van der Waals surface area contributed by atoms with E-state index in [1.54, 1.807) is 0 Å². The number of aliphatic imine (C=N–C) groups is 1. The SMILES string of the molecule is C=C(N=C(C)/C=C(\C)c1ccccc1)C1=CCCC=C1.CC.Cc1ccccc1-c1c(C)ccc2cc(-c3ccc4ccc(-c5cccc6ccccc56)cc4c3)ccc12. The molecular formula is C59H55N. The molecule has 0 aliphatic heterocycles. The van der Waals surface area contributed by atoms with E-state index in [4.69, 9.17) is 0 Å². The number of aryl methyl sites for hydroxylation is 2. The summed E-state index contributed by atoms with van der Waals surface area (Å²) >= 11 is 0. The Kier molecular flexibility index (Phi) is 13.3. The second-order valence-electron chi connectivity index (χ2n) is 15.3. The fourth-order valence-corrected chi connectivity index (χ4v) is 8.14. The molecule has 0 amide bonds. The van der Waals surface area contributed by atoms with Crippen molar-refractivity contribution in [3.8, 4) is 33.4 Å². The van der Waals surface area contributed by atoms with Crippen molar-refractivity contribution in [1.29, 1.82) is 0 Å². The zero-order valence-corrected chi connectivity index (χ0v) is 36.0. The van der Waals surface area contributed by atoms with Crippen molar-refractivity contribution in [3.63, 3.8) is 0 Å². The van der Waals surface area contributed by atoms with E-state index in [0.29, 0.717) is 0 Å². The lowest BCUT2D eigenvalue weighted by molar-refractivity contribution is 1.02. The number of hydrogen-bond donors (Lipinski definition) is 0. The number of benzene rings is 8. The number of nitrogens with zero attached hydrogens (tertiary/aromatic N) is 1. The van der Waals surface area contributed by atoms with Crippen molar-refractivity contribution in [2.45, 2.75) is 54.4 Å². The highest BCUT2D eigenvalue weighted by Gasteiger charge is 2.12. The highest BCUT2D eigenvalue weighted by Crippen LogP contribution is 2.37. The van der Waals surface area contributed by atoms with Crippen molar-refractivity contribution < 1.29 is 0 Å². The van der Waals surface area contributed by atoms with Gasteiger partial charge in [0, 0.05) is 5.71 Å². The van der Waals surface area contributed by atoms with E-state index >= 15 is 0 Å². The second kappa shape index (κ2) is 19.3. The van der Waals surface area contributed by atoms with Gasteiger partial charge in [-0.2, -0.15) is 0 Å². The predicted octanol–water partition coefficient (Wildman–Crippen LogP) is 17.1. The fraction of sp³-hybridized carbons (Fsp3) is 0.136. The predicted molar refractivity (Wildman–Crippen MR) is 265 cm³/mol. The summed E-state index contributed by atoms with van der Waals surface area (Å²) < 4.78 is 0. The first-order valence-electron chi connectivity index (χ1n) is 21.3. The molecule has 8 aromatic rings. The Morgan fingerprint density at radius 2 is 1.17 bits per heavy atom. The van der Waals surface area contributed by atoms with Crippen LogP contribution in [-0.4, -0.2) is 5.71 Å². The molecular weight excluding hydrogens is 723 g/mol. The van der Waals surface area contributed by atoms with E-state index in [0.717, 1.165) is 29.8 Å². The molecule has 1 aliphatic carbocycles. The number of fused-ring (bicyclic) bond motifs is 3. The molecule has 0 fully saturated rings. The van der Waals surface area contributed by atoms with Crippen molar-refractivity contribution in [2.24, 2.45) is 4.99 Å². The number of hydrogen-bond acceptors (Lipinski definition) is 1. The molecule has 0 atom stereocenters. The molecule has 8 aromatic carbocycles. The van der Waals surface area contributed by atoms with Crippen molar-refractivity contribution in [3.05, 3.63) is 223 Å². The van der Waals surface area contributed by atoms with Gasteiger partial charge in [0.2, 0.25) is 0 Å². The molecule has 0 bridgehead atoms. The van der Waals surface area contributed by atoms with Crippen LogP contribution in [0.25, 0.3) is 71.3 Å². The van der Waals surface area contributed by atoms with Gasteiger partial charge in [0.05, 0.1) is 5.70 Å². The van der Waals surface area contributed by atoms with Crippen LogP contribution in [0.1, 0.15) is 57.2 Å². The van der Waals surface area contributed by atoms with Gasteiger partial charge in [-0.25, -0.2) is 0 Å². The van der Waals surface area contributed by atoms with Crippen LogP contribution in [0.5, 0.6) is 0 Å². The smallest absolute Gasteiger partial charge is 0.0630 e. The van der Waals surface area contributed by atoms with E-state index in [9.17, 15) is 0 Å². The third-order valence-corrected chi connectivity index (χ3v) is 11.2. The van der Waals surface area contributed by atoms with Gasteiger partial charge in [-0.15, -0.1) is 0 Å². The first-order chi connectivity index (χ1) is 29.3. The fourth-order valence-electron chi connectivity index (χ4n) is 8.14. The van der Waals surface area contributed by atoms with E-state index < -0.39 is 0 Å². The van der Waals surface area contributed by atoms with Gasteiger partial charge in [0.1, 0.15) is 0 Å². The first kappa shape index (κ1) is 41.3. The van der Waals surface area contributed by atoms with Crippen LogP contribution in [0.2, 0.25) is 0 Å². The lowest BCUT2D eigenvalue weighted by Gasteiger charge is -2.14. The van der Waals surface area contributed by atoms with Crippen LogP contribution in [0.4, 0.5) is 0 Å². The van der Waals surface area contributed by atoms with E-state index in [-0.39, 0.29) is 0 Å². The Morgan fingerprint density at radius 1 is 0.533 bits per heavy atom. The summed E-state index contributed by atoms with van der Waals surface area (Å²) in [4.78, 5) is 4.59. The van der Waals surface area contributed by atoms with Crippen molar-refractivity contribution >= 4 is 43.6 Å². The number of allylic oxidation sites excluding steroid dienone is 5. The Bertz CT molecular complexity index is 2930. The Hall–Kier alpha value is -6.83. The summed E-state index contributed by atoms with van der Waals surface area (Å²) in [5, 5.41) is 7.67. The maximum Gasteiger partial charge on any atom is 0.0630 e. The average molecular weight is 778 g/mol. The summed E-state index contributed by atoms with van der Waals surface area (Å²) in [5.41, 5.74) is 15.7. The van der Waals surface area contributed by atoms with E-state index in [1.165, 1.54) is 88.0 Å². The molecule has 1 aliphatic rings. The van der Waals surface area contributed by atoms with Gasteiger partial charge in [-0.1, -0.05) is 184 Å². The molecule has 1 nitrogen and oxygen atoms in total. The largest absolute Gasteiger partial charge is 0.254 e. The first-order valence-corrected chi connectivity index (χ1v) is 21.3. The summed E-state index contributed by atoms with van der Waals surface area (Å²) in [7, 11) is 0. The normalized spacial score (nSPS) is 12.7. The molecule has 0 N–H and O–H groups in total. The second-order valence-corrected chi connectivity index (χ2v) is 15.3. The molecule has 0 heterocycles. The molecule has 0 saturated heterocycles. The monoisotopic (exact) mass is 777 g/mol. The van der Waals surface area contributed by atoms with Crippen molar-refractivity contribution in [2.75, 3.05) is 0 Å². The lowest BCUT2D eigenvalue weighted by atomic mass is 9.90. The molecule has 0 spiro atoms. The molecule has 9 rings (SSSR count). The van der Waals surface area contributed by atoms with Crippen LogP contribution in [-0.2, 0) is 0 Å². The summed E-state index contributed by atoms with van der Waals surface area (Å²) in [6.07, 6.45) is 10.8. The number of rotatable bonds is 7. The molecule has 0 unspecified atom stereocenters. The minimum absolute atomic E-state index is 0.843. The topological polar surface area (TPSA) is 12.4 Å². The standard InChI is InChI=1S/C38H28.C19H21N.C2H6/c1-25-8-3-5-11-34(25)38-26(2)14-15-32-22-30(20-21-37(32)38)29-18-16-27-17-19-31(24-33(27)23-29)36-13-7-10-28-9-4-6-12-35(28)36;1-15(18-10-6-4-7-11-18)14-16(2)20-17(3)19-12-8-5-9-13-19;1-2/h3-24H,1-2H3;4,6-8,10-14H,3,5,9H2,1-2H3;1-2H3/b;15-14+,20-16?;. The minimum atomic E-state index is 0.843. The van der Waals surface area contributed by atoms with Gasteiger partial charge in [-0.05, 0) is 158 Å². The molecule has 60 heavy (non-hydrogen) atoms. The molecule has 0 aromatic heterocycles. The van der Waals surface area contributed by atoms with Gasteiger partial charge >= 0.3 is 0 Å². The Balaban J connectivity index is 0.000000210. The summed E-state index contributed by atoms with van der Waals surface area (Å²) in [5.74, 6) is 0. The van der Waals surface area contributed by atoms with Crippen LogP contribution in [0, 0.1) is 13.8 Å². The Morgan fingerprint density at radius 3 is 1.93 bits per heavy atom. The zero-order valence-electron chi connectivity index (χ0n) is 36.0. The van der Waals surface area contributed by atoms with Crippen LogP contribution in [0.3, 0.4) is 0 Å². The quantitative estimate of drug-likeness (QED) is 0.143. The van der Waals surface area contributed by atoms with Crippen LogP contribution in [0.15, 0.2) is 211 Å². The van der Waals surface area contributed by atoms with E-state index in [2.05, 4.69) is 214 Å². The third kappa shape index (κ3) is 9.38. The average Bonchev–Trinajstić information content (AvgIpc) is 3.30. The van der Waals surface area contributed by atoms with Crippen LogP contribution < -0.4 is 0 Å². The third-order valence-electron chi connectivity index (χ3n) is 11.2. The summed E-state index contributed by atoms with van der Waals surface area (Å²) in [6.45, 7) is 16.6. The zero-order chi connectivity index (χ0) is 42.0. The van der Waals surface area contributed by atoms with Gasteiger partial charge in [0.25, 0.3) is 0 Å². The summed E-state index contributed by atoms with van der Waals surface area (Å²) in [6, 6.07) is 59.3. The van der Waals surface area contributed by atoms with Crippen LogP contribution >= 0.6 is 0 Å². The lowest BCUT2D eigenvalue weighted by Crippen LogP contribution is -1.92. The molecule has 0 saturated carbocycles. The highest BCUT2D eigenvalue weighted by atomic mass is 14.7. The maximum atomic E-state index is 4.59. The van der Waals surface area contributed by atoms with Gasteiger partial charge in [-0.3, -0.25) is 4.99 Å². The van der Waals surface area contributed by atoms with Crippen molar-refractivity contribution in [1.82, 2.24) is 0 Å². The minimum Gasteiger partial charge on any atom is -0.254 e. The highest BCUT2D eigenvalue weighted by molar-refractivity contribution is 6.03. The van der Waals surface area contributed by atoms with Gasteiger partial charge < -0.3 is 0 Å². The molecule has 0 radical (unpaired) electrons.